The summed E-state index contributed by atoms with van der Waals surface area (Å²) in [5, 5.41) is 7.52. The third-order valence-corrected chi connectivity index (χ3v) is 5.35. The van der Waals surface area contributed by atoms with Crippen LogP contribution in [0, 0.1) is 6.92 Å². The standard InChI is InChI=1S/C21H24N4O/c1-15-5-3-6-17(13-15)18-14-22-23-20(18)16-8-11-25(12-9-16)21(26)19-7-4-10-24(19)2/h3-7,10,13-14,16H,8-9,11-12H2,1-2H3,(H,22,23). The average molecular weight is 348 g/mol. The Labute approximate surface area is 153 Å². The highest BCUT2D eigenvalue weighted by molar-refractivity contribution is 5.92. The highest BCUT2D eigenvalue weighted by atomic mass is 16.2. The highest BCUT2D eigenvalue weighted by Crippen LogP contribution is 2.34. The van der Waals surface area contributed by atoms with Crippen molar-refractivity contribution in [3.05, 3.63) is 65.7 Å². The number of nitrogens with one attached hydrogen (secondary N) is 1. The minimum Gasteiger partial charge on any atom is -0.347 e. The topological polar surface area (TPSA) is 53.9 Å². The fourth-order valence-corrected chi connectivity index (χ4v) is 3.87. The van der Waals surface area contributed by atoms with Gasteiger partial charge in [-0.1, -0.05) is 29.8 Å². The van der Waals surface area contributed by atoms with Crippen molar-refractivity contribution in [1.82, 2.24) is 19.7 Å². The van der Waals surface area contributed by atoms with Gasteiger partial charge in [0.15, 0.2) is 0 Å². The lowest BCUT2D eigenvalue weighted by Crippen LogP contribution is -2.38. The lowest BCUT2D eigenvalue weighted by atomic mass is 9.89. The molecule has 1 aromatic carbocycles. The lowest BCUT2D eigenvalue weighted by Gasteiger charge is -2.32. The van der Waals surface area contributed by atoms with Gasteiger partial charge in [0.1, 0.15) is 5.69 Å². The van der Waals surface area contributed by atoms with Gasteiger partial charge >= 0.3 is 0 Å². The molecule has 0 spiro atoms. The molecule has 1 saturated heterocycles. The van der Waals surface area contributed by atoms with E-state index in [-0.39, 0.29) is 5.91 Å². The molecule has 3 aromatic rings. The van der Waals surface area contributed by atoms with Gasteiger partial charge in [0, 0.05) is 43.5 Å². The zero-order valence-electron chi connectivity index (χ0n) is 15.3. The van der Waals surface area contributed by atoms with Gasteiger partial charge in [0.25, 0.3) is 5.91 Å². The molecular formula is C21H24N4O. The third-order valence-electron chi connectivity index (χ3n) is 5.35. The number of hydrogen-bond acceptors (Lipinski definition) is 2. The molecule has 4 rings (SSSR count). The molecule has 0 aliphatic carbocycles. The number of H-pyrrole nitrogens is 1. The van der Waals surface area contributed by atoms with E-state index in [0.717, 1.165) is 31.6 Å². The average Bonchev–Trinajstić information content (AvgIpc) is 3.30. The van der Waals surface area contributed by atoms with E-state index in [2.05, 4.69) is 41.4 Å². The second-order valence-corrected chi connectivity index (χ2v) is 7.14. The van der Waals surface area contributed by atoms with Crippen LogP contribution in [-0.2, 0) is 7.05 Å². The number of benzene rings is 1. The largest absolute Gasteiger partial charge is 0.347 e. The van der Waals surface area contributed by atoms with Gasteiger partial charge in [0.05, 0.1) is 6.20 Å². The Balaban J connectivity index is 1.49. The van der Waals surface area contributed by atoms with Crippen LogP contribution in [0.1, 0.15) is 40.5 Å². The van der Waals surface area contributed by atoms with Crippen molar-refractivity contribution in [2.45, 2.75) is 25.7 Å². The van der Waals surface area contributed by atoms with Crippen LogP contribution >= 0.6 is 0 Å². The number of hydrogen-bond donors (Lipinski definition) is 1. The Bertz CT molecular complexity index is 916. The maximum atomic E-state index is 12.7. The number of carbonyl (C=O) groups is 1. The second kappa shape index (κ2) is 6.83. The fourth-order valence-electron chi connectivity index (χ4n) is 3.87. The molecule has 1 amide bonds. The molecule has 0 atom stereocenters. The molecule has 1 aliphatic heterocycles. The van der Waals surface area contributed by atoms with E-state index in [9.17, 15) is 4.79 Å². The number of aryl methyl sites for hydroxylation is 2. The maximum Gasteiger partial charge on any atom is 0.270 e. The number of likely N-dealkylation sites (tertiary alicyclic amines) is 1. The van der Waals surface area contributed by atoms with Crippen LogP contribution in [-0.4, -0.2) is 38.7 Å². The van der Waals surface area contributed by atoms with Gasteiger partial charge in [-0.25, -0.2) is 0 Å². The van der Waals surface area contributed by atoms with E-state index in [1.165, 1.54) is 22.4 Å². The van der Waals surface area contributed by atoms with E-state index in [1.807, 2.05) is 41.0 Å². The Hall–Kier alpha value is -2.82. The molecule has 0 bridgehead atoms. The first-order chi connectivity index (χ1) is 12.6. The first kappa shape index (κ1) is 16.6. The Kier molecular flexibility index (Phi) is 4.37. The molecule has 0 radical (unpaired) electrons. The van der Waals surface area contributed by atoms with E-state index in [4.69, 9.17) is 0 Å². The summed E-state index contributed by atoms with van der Waals surface area (Å²) in [7, 11) is 1.92. The number of carbonyl (C=O) groups excluding carboxylic acids is 1. The number of aromatic amines is 1. The zero-order chi connectivity index (χ0) is 18.1. The monoisotopic (exact) mass is 348 g/mol. The van der Waals surface area contributed by atoms with Crippen molar-refractivity contribution in [3.8, 4) is 11.1 Å². The van der Waals surface area contributed by atoms with Crippen LogP contribution in [0.2, 0.25) is 0 Å². The number of amides is 1. The highest BCUT2D eigenvalue weighted by Gasteiger charge is 2.27. The third kappa shape index (κ3) is 3.05. The summed E-state index contributed by atoms with van der Waals surface area (Å²) < 4.78 is 1.89. The molecule has 5 nitrogen and oxygen atoms in total. The number of nitrogens with zero attached hydrogens (tertiary/aromatic N) is 3. The summed E-state index contributed by atoms with van der Waals surface area (Å²) in [6.07, 6.45) is 5.75. The molecule has 26 heavy (non-hydrogen) atoms. The number of piperidine rings is 1. The van der Waals surface area contributed by atoms with Gasteiger partial charge in [-0.15, -0.1) is 0 Å². The molecule has 1 N–H and O–H groups in total. The van der Waals surface area contributed by atoms with Crippen molar-refractivity contribution in [2.75, 3.05) is 13.1 Å². The SMILES string of the molecule is Cc1cccc(-c2cn[nH]c2C2CCN(C(=O)c3cccn3C)CC2)c1. The summed E-state index contributed by atoms with van der Waals surface area (Å²) in [6.45, 7) is 3.67. The van der Waals surface area contributed by atoms with Gasteiger partial charge in [-0.3, -0.25) is 9.89 Å². The quantitative estimate of drug-likeness (QED) is 0.784. The number of rotatable bonds is 3. The van der Waals surface area contributed by atoms with Crippen LogP contribution in [0.3, 0.4) is 0 Å². The summed E-state index contributed by atoms with van der Waals surface area (Å²) >= 11 is 0. The van der Waals surface area contributed by atoms with Crippen molar-refractivity contribution in [1.29, 1.82) is 0 Å². The summed E-state index contributed by atoms with van der Waals surface area (Å²) in [4.78, 5) is 14.7. The summed E-state index contributed by atoms with van der Waals surface area (Å²) in [6, 6.07) is 12.3. The van der Waals surface area contributed by atoms with Crippen molar-refractivity contribution < 1.29 is 4.79 Å². The van der Waals surface area contributed by atoms with Crippen molar-refractivity contribution in [3.63, 3.8) is 0 Å². The van der Waals surface area contributed by atoms with Gasteiger partial charge < -0.3 is 9.47 Å². The van der Waals surface area contributed by atoms with Crippen LogP contribution in [0.15, 0.2) is 48.8 Å². The van der Waals surface area contributed by atoms with Gasteiger partial charge in [-0.05, 0) is 37.5 Å². The van der Waals surface area contributed by atoms with Gasteiger partial charge in [-0.2, -0.15) is 5.10 Å². The minimum atomic E-state index is 0.125. The Morgan fingerprint density at radius 2 is 2.00 bits per heavy atom. The van der Waals surface area contributed by atoms with E-state index in [0.29, 0.717) is 5.92 Å². The predicted molar refractivity (Wildman–Crippen MR) is 102 cm³/mol. The molecule has 2 aromatic heterocycles. The van der Waals surface area contributed by atoms with Crippen molar-refractivity contribution >= 4 is 5.91 Å². The van der Waals surface area contributed by atoms with Gasteiger partial charge in [0.2, 0.25) is 0 Å². The van der Waals surface area contributed by atoms with Crippen LogP contribution in [0.4, 0.5) is 0 Å². The zero-order valence-corrected chi connectivity index (χ0v) is 15.3. The van der Waals surface area contributed by atoms with Crippen LogP contribution < -0.4 is 0 Å². The molecule has 3 heterocycles. The van der Waals surface area contributed by atoms with Crippen LogP contribution in [0.5, 0.6) is 0 Å². The lowest BCUT2D eigenvalue weighted by molar-refractivity contribution is 0.0702. The molecule has 1 aliphatic rings. The smallest absolute Gasteiger partial charge is 0.270 e. The van der Waals surface area contributed by atoms with Crippen LogP contribution in [0.25, 0.3) is 11.1 Å². The van der Waals surface area contributed by atoms with E-state index < -0.39 is 0 Å². The fraction of sp³-hybridized carbons (Fsp3) is 0.333. The molecule has 1 fully saturated rings. The first-order valence-electron chi connectivity index (χ1n) is 9.14. The molecule has 5 heteroatoms. The summed E-state index contributed by atoms with van der Waals surface area (Å²) in [5.41, 5.74) is 5.58. The van der Waals surface area contributed by atoms with Crippen molar-refractivity contribution in [2.24, 2.45) is 7.05 Å². The molecule has 0 saturated carbocycles. The Morgan fingerprint density at radius 3 is 2.69 bits per heavy atom. The van der Waals surface area contributed by atoms with E-state index in [1.54, 1.807) is 0 Å². The Morgan fingerprint density at radius 1 is 1.19 bits per heavy atom. The number of aromatic nitrogens is 3. The molecular weight excluding hydrogens is 324 g/mol. The maximum absolute atomic E-state index is 12.7. The predicted octanol–water partition coefficient (Wildman–Crippen LogP) is 3.74. The molecule has 0 unspecified atom stereocenters. The minimum absolute atomic E-state index is 0.125. The first-order valence-corrected chi connectivity index (χ1v) is 9.14. The normalized spacial score (nSPS) is 15.4. The van der Waals surface area contributed by atoms with E-state index >= 15 is 0 Å². The molecule has 134 valence electrons. The summed E-state index contributed by atoms with van der Waals surface area (Å²) in [5.74, 6) is 0.532. The second-order valence-electron chi connectivity index (χ2n) is 7.14.